The number of amides is 1. The van der Waals surface area contributed by atoms with Gasteiger partial charge in [-0.05, 0) is 61.1 Å². The number of aliphatic hydroxyl groups is 1. The quantitative estimate of drug-likeness (QED) is 0.361. The Morgan fingerprint density at radius 1 is 0.944 bits per heavy atom. The lowest BCUT2D eigenvalue weighted by molar-refractivity contribution is -0.137. The highest BCUT2D eigenvalue weighted by Gasteiger charge is 2.43. The normalized spacial score (nSPS) is 13.2. The van der Waals surface area contributed by atoms with Crippen molar-refractivity contribution in [2.45, 2.75) is 45.1 Å². The first-order chi connectivity index (χ1) is 17.0. The van der Waals surface area contributed by atoms with Crippen LogP contribution in [0.4, 0.5) is 5.69 Å². The van der Waals surface area contributed by atoms with E-state index in [2.05, 4.69) is 10.5 Å². The SMILES string of the molecule is CC(=O)c1cccc(C(O)(CC(C)(C)c2ccccc2)C(=O)Nc2ccc3c(=O)onc(C)c3c2)c1. The maximum Gasteiger partial charge on any atom is 0.366 e. The van der Waals surface area contributed by atoms with Crippen LogP contribution in [0.2, 0.25) is 0 Å². The Morgan fingerprint density at radius 2 is 1.64 bits per heavy atom. The molecule has 2 N–H and O–H groups in total. The average molecular weight is 485 g/mol. The fraction of sp³-hybridized carbons (Fsp3) is 0.241. The van der Waals surface area contributed by atoms with Crippen LogP contribution >= 0.6 is 0 Å². The number of nitrogens with zero attached hydrogens (tertiary/aromatic N) is 1. The van der Waals surface area contributed by atoms with Gasteiger partial charge in [0.1, 0.15) is 0 Å². The second-order valence-electron chi connectivity index (χ2n) is 9.69. The summed E-state index contributed by atoms with van der Waals surface area (Å²) in [6.07, 6.45) is 0.0506. The molecular weight excluding hydrogens is 456 g/mol. The number of hydrogen-bond acceptors (Lipinski definition) is 6. The topological polar surface area (TPSA) is 110 Å². The molecule has 1 amide bonds. The summed E-state index contributed by atoms with van der Waals surface area (Å²) in [4.78, 5) is 37.8. The maximum absolute atomic E-state index is 13.8. The standard InChI is InChI=1S/C29H28N2O5/c1-18-25-16-23(13-14-24(25)26(33)36-31-18)30-27(34)29(35,22-12-8-9-20(15-22)19(2)32)17-28(3,4)21-10-6-5-7-11-21/h5-16,35H,17H2,1-4H3,(H,30,34). The number of fused-ring (bicyclic) bond motifs is 1. The van der Waals surface area contributed by atoms with E-state index in [-0.39, 0.29) is 12.2 Å². The highest BCUT2D eigenvalue weighted by molar-refractivity contribution is 6.00. The van der Waals surface area contributed by atoms with E-state index in [0.717, 1.165) is 5.56 Å². The number of aryl methyl sites for hydroxylation is 1. The van der Waals surface area contributed by atoms with Crippen molar-refractivity contribution in [3.05, 3.63) is 106 Å². The van der Waals surface area contributed by atoms with Crippen molar-refractivity contribution < 1.29 is 19.2 Å². The highest BCUT2D eigenvalue weighted by atomic mass is 16.5. The summed E-state index contributed by atoms with van der Waals surface area (Å²) < 4.78 is 4.77. The third-order valence-electron chi connectivity index (χ3n) is 6.53. The first-order valence-electron chi connectivity index (χ1n) is 11.6. The van der Waals surface area contributed by atoms with Crippen LogP contribution in [-0.2, 0) is 15.8 Å². The number of hydrogen-bond donors (Lipinski definition) is 2. The number of carbonyl (C=O) groups is 2. The molecule has 0 saturated carbocycles. The lowest BCUT2D eigenvalue weighted by Gasteiger charge is -2.36. The van der Waals surface area contributed by atoms with Crippen molar-refractivity contribution >= 4 is 28.2 Å². The van der Waals surface area contributed by atoms with Gasteiger partial charge in [0.05, 0.1) is 11.1 Å². The molecule has 1 unspecified atom stereocenters. The average Bonchev–Trinajstić information content (AvgIpc) is 2.86. The molecule has 0 radical (unpaired) electrons. The number of rotatable bonds is 7. The molecule has 4 aromatic rings. The number of Topliss-reactive ketones (excluding diaryl/α,β-unsaturated/α-hetero) is 1. The van der Waals surface area contributed by atoms with E-state index in [0.29, 0.717) is 33.3 Å². The summed E-state index contributed by atoms with van der Waals surface area (Å²) in [7, 11) is 0. The minimum Gasteiger partial charge on any atom is -0.375 e. The zero-order valence-electron chi connectivity index (χ0n) is 20.7. The molecule has 4 rings (SSSR count). The summed E-state index contributed by atoms with van der Waals surface area (Å²) in [6.45, 7) is 7.05. The van der Waals surface area contributed by atoms with E-state index in [1.54, 1.807) is 49.4 Å². The third-order valence-corrected chi connectivity index (χ3v) is 6.53. The first kappa shape index (κ1) is 25.0. The van der Waals surface area contributed by atoms with Gasteiger partial charge < -0.3 is 14.9 Å². The summed E-state index contributed by atoms with van der Waals surface area (Å²) in [6, 6.07) is 20.9. The van der Waals surface area contributed by atoms with Crippen molar-refractivity contribution in [1.82, 2.24) is 5.16 Å². The summed E-state index contributed by atoms with van der Waals surface area (Å²) in [5, 5.41) is 19.5. The van der Waals surface area contributed by atoms with Crippen LogP contribution < -0.4 is 10.9 Å². The minimum atomic E-state index is -1.97. The molecule has 0 fully saturated rings. The highest BCUT2D eigenvalue weighted by Crippen LogP contribution is 2.39. The van der Waals surface area contributed by atoms with Crippen molar-refractivity contribution in [1.29, 1.82) is 0 Å². The predicted molar refractivity (Wildman–Crippen MR) is 138 cm³/mol. The van der Waals surface area contributed by atoms with Crippen LogP contribution in [0.1, 0.15) is 54.4 Å². The maximum atomic E-state index is 13.8. The number of benzene rings is 3. The van der Waals surface area contributed by atoms with Crippen LogP contribution in [0.5, 0.6) is 0 Å². The largest absolute Gasteiger partial charge is 0.375 e. The van der Waals surface area contributed by atoms with E-state index < -0.39 is 22.5 Å². The number of anilines is 1. The van der Waals surface area contributed by atoms with E-state index in [9.17, 15) is 19.5 Å². The zero-order chi connectivity index (χ0) is 26.1. The molecule has 1 heterocycles. The molecular formula is C29H28N2O5. The Hall–Kier alpha value is -4.10. The van der Waals surface area contributed by atoms with Crippen LogP contribution in [0.15, 0.2) is 82.1 Å². The molecule has 0 saturated heterocycles. The van der Waals surface area contributed by atoms with E-state index in [1.807, 2.05) is 44.2 Å². The minimum absolute atomic E-state index is 0.0506. The smallest absolute Gasteiger partial charge is 0.366 e. The monoisotopic (exact) mass is 484 g/mol. The Labute approximate surface area is 208 Å². The fourth-order valence-electron chi connectivity index (χ4n) is 4.48. The molecule has 0 aliphatic rings. The van der Waals surface area contributed by atoms with Crippen LogP contribution in [0.3, 0.4) is 0 Å². The number of aromatic nitrogens is 1. The van der Waals surface area contributed by atoms with E-state index >= 15 is 0 Å². The number of ketones is 1. The molecule has 1 aromatic heterocycles. The van der Waals surface area contributed by atoms with Crippen LogP contribution in [-0.4, -0.2) is 22.0 Å². The Bertz CT molecular complexity index is 1510. The van der Waals surface area contributed by atoms with Gasteiger partial charge in [-0.3, -0.25) is 9.59 Å². The van der Waals surface area contributed by atoms with Gasteiger partial charge in [0, 0.05) is 16.6 Å². The van der Waals surface area contributed by atoms with Gasteiger partial charge in [-0.1, -0.05) is 67.5 Å². The lowest BCUT2D eigenvalue weighted by Crippen LogP contribution is -2.45. The van der Waals surface area contributed by atoms with Gasteiger partial charge in [0.25, 0.3) is 5.91 Å². The Kier molecular flexibility index (Phi) is 6.61. The van der Waals surface area contributed by atoms with Gasteiger partial charge in [0.15, 0.2) is 11.4 Å². The van der Waals surface area contributed by atoms with Gasteiger partial charge in [-0.15, -0.1) is 0 Å². The molecule has 7 heteroatoms. The lowest BCUT2D eigenvalue weighted by atomic mass is 9.72. The van der Waals surface area contributed by atoms with Crippen LogP contribution in [0, 0.1) is 6.92 Å². The Morgan fingerprint density at radius 3 is 2.33 bits per heavy atom. The summed E-state index contributed by atoms with van der Waals surface area (Å²) >= 11 is 0. The number of nitrogens with one attached hydrogen (secondary N) is 1. The molecule has 1 atom stereocenters. The number of carbonyl (C=O) groups excluding carboxylic acids is 2. The fourth-order valence-corrected chi connectivity index (χ4v) is 4.48. The molecule has 3 aromatic carbocycles. The first-order valence-corrected chi connectivity index (χ1v) is 11.6. The van der Waals surface area contributed by atoms with Gasteiger partial charge in [0.2, 0.25) is 0 Å². The van der Waals surface area contributed by atoms with Crippen molar-refractivity contribution in [3.8, 4) is 0 Å². The summed E-state index contributed by atoms with van der Waals surface area (Å²) in [5.74, 6) is -0.821. The van der Waals surface area contributed by atoms with Crippen molar-refractivity contribution in [3.63, 3.8) is 0 Å². The van der Waals surface area contributed by atoms with Crippen molar-refractivity contribution in [2.24, 2.45) is 0 Å². The summed E-state index contributed by atoms with van der Waals surface area (Å²) in [5.41, 5.74) is -0.581. The van der Waals surface area contributed by atoms with Gasteiger partial charge >= 0.3 is 5.63 Å². The second kappa shape index (κ2) is 9.51. The van der Waals surface area contributed by atoms with E-state index in [1.165, 1.54) is 6.92 Å². The van der Waals surface area contributed by atoms with E-state index in [4.69, 9.17) is 4.52 Å². The zero-order valence-corrected chi connectivity index (χ0v) is 20.7. The van der Waals surface area contributed by atoms with Gasteiger partial charge in [-0.2, -0.15) is 0 Å². The molecule has 0 aliphatic heterocycles. The predicted octanol–water partition coefficient (Wildman–Crippen LogP) is 4.89. The van der Waals surface area contributed by atoms with Gasteiger partial charge in [-0.25, -0.2) is 4.79 Å². The molecule has 184 valence electrons. The molecule has 0 bridgehead atoms. The third kappa shape index (κ3) is 4.83. The second-order valence-corrected chi connectivity index (χ2v) is 9.69. The Balaban J connectivity index is 1.78. The molecule has 0 spiro atoms. The molecule has 36 heavy (non-hydrogen) atoms. The molecule has 7 nitrogen and oxygen atoms in total. The van der Waals surface area contributed by atoms with Crippen LogP contribution in [0.25, 0.3) is 10.8 Å². The van der Waals surface area contributed by atoms with Crippen molar-refractivity contribution in [2.75, 3.05) is 5.32 Å². The molecule has 0 aliphatic carbocycles.